The van der Waals surface area contributed by atoms with Crippen LogP contribution in [0.2, 0.25) is 0 Å². The smallest absolute Gasteiger partial charge is 0.201 e. The van der Waals surface area contributed by atoms with E-state index in [-0.39, 0.29) is 0 Å². The lowest BCUT2D eigenvalue weighted by atomic mass is 9.97. The molecule has 6 aromatic heterocycles. The molecule has 0 N–H and O–H groups in total. The summed E-state index contributed by atoms with van der Waals surface area (Å²) in [5, 5.41) is 0. The van der Waals surface area contributed by atoms with Crippen molar-refractivity contribution in [2.75, 3.05) is 0 Å². The second-order valence-corrected chi connectivity index (χ2v) is 25.4. The highest BCUT2D eigenvalue weighted by atomic mass is 15.0. The summed E-state index contributed by atoms with van der Waals surface area (Å²) in [6, 6.07) is 69.5. The van der Waals surface area contributed by atoms with E-state index in [1.54, 1.807) is 12.3 Å². The van der Waals surface area contributed by atoms with Crippen LogP contribution in [-0.2, 0) is 42.3 Å². The zero-order chi connectivity index (χ0) is 71.0. The van der Waals surface area contributed by atoms with Crippen molar-refractivity contribution in [2.24, 2.45) is 42.3 Å². The zero-order valence-electron chi connectivity index (χ0n) is 63.1. The molecular weight excluding hydrogens is 1140 g/mol. The fourth-order valence-corrected chi connectivity index (χ4v) is 12.1. The molecule has 0 bridgehead atoms. The Morgan fingerprint density at radius 1 is 0.245 bits per heavy atom. The van der Waals surface area contributed by atoms with Crippen molar-refractivity contribution in [3.8, 4) is 67.5 Å². The lowest BCUT2D eigenvalue weighted by Crippen LogP contribution is -2.34. The van der Waals surface area contributed by atoms with Gasteiger partial charge in [-0.15, -0.1) is 0 Å². The van der Waals surface area contributed by atoms with Crippen LogP contribution in [0.4, 0.5) is 0 Å². The van der Waals surface area contributed by atoms with E-state index in [4.69, 9.17) is 4.11 Å². The van der Waals surface area contributed by atoms with Gasteiger partial charge in [-0.25, -0.2) is 22.8 Å². The topological polar surface area (TPSA) is 23.3 Å². The number of rotatable bonds is 6. The minimum atomic E-state index is -2.05. The second kappa shape index (κ2) is 33.2. The highest BCUT2D eigenvalue weighted by molar-refractivity contribution is 5.67. The number of hydrogen-bond acceptors (Lipinski definition) is 0. The van der Waals surface area contributed by atoms with Crippen LogP contribution in [0.5, 0.6) is 0 Å². The summed E-state index contributed by atoms with van der Waals surface area (Å²) in [4.78, 5) is 0. The standard InChI is InChI=1S/C16H20N.2C15H18N.3C14H16N/c1-11-8-6-7-9-15(11)16-14(4)13(3)12(2)10-17(16)5;1-11-9-13(3)15(16(4)10-11)14-8-6-5-7-12(14)2;1-11-7-5-6-8-14(11)15-9-12(2)13(3)10-16(15)4;1-11-7-4-5-9-13(11)14-10-6-8-12(2)15(14)3;1-11-8-9-15(3)14(10-11)13-7-5-4-6-12(13)2;1-11-8-9-14(15(3)10-11)13-7-5-4-6-12(13)2/h6-10H,1-5H3;2*5-10H,1-4H3;3*4-10H,1-3H3/q6*+1/i;;;;;1D3. The molecule has 6 aromatic carbocycles. The summed E-state index contributed by atoms with van der Waals surface area (Å²) in [6.45, 7) is 30.2. The predicted octanol–water partition coefficient (Wildman–Crippen LogP) is 18.0. The number of benzene rings is 6. The molecule has 0 saturated heterocycles. The summed E-state index contributed by atoms with van der Waals surface area (Å²) in [6.07, 6.45) is 10.4. The monoisotopic (exact) mass is 1250 g/mol. The van der Waals surface area contributed by atoms with Crippen molar-refractivity contribution in [1.29, 1.82) is 0 Å². The Hall–Kier alpha value is -9.78. The van der Waals surface area contributed by atoms with Gasteiger partial charge in [0.25, 0.3) is 0 Å². The van der Waals surface area contributed by atoms with Crippen molar-refractivity contribution < 1.29 is 31.5 Å². The van der Waals surface area contributed by atoms with Gasteiger partial charge in [-0.2, -0.15) is 4.57 Å². The van der Waals surface area contributed by atoms with Crippen LogP contribution in [0.1, 0.15) is 93.3 Å². The molecule has 0 amide bonds. The zero-order valence-corrected chi connectivity index (χ0v) is 60.1. The van der Waals surface area contributed by atoms with E-state index in [0.29, 0.717) is 5.56 Å². The third kappa shape index (κ3) is 18.3. The Balaban J connectivity index is 0.000000164. The summed E-state index contributed by atoms with van der Waals surface area (Å²) in [5.74, 6) is 0. The third-order valence-corrected chi connectivity index (χ3v) is 18.0. The van der Waals surface area contributed by atoms with Crippen molar-refractivity contribution in [2.45, 2.75) is 111 Å². The molecule has 0 aliphatic rings. The molecule has 12 aromatic rings. The Kier molecular flexibility index (Phi) is 23.7. The van der Waals surface area contributed by atoms with Crippen LogP contribution in [-0.4, -0.2) is 0 Å². The normalized spacial score (nSPS) is 11.1. The Morgan fingerprint density at radius 3 is 1.12 bits per heavy atom. The summed E-state index contributed by atoms with van der Waals surface area (Å²) in [5.41, 5.74) is 35.3. The van der Waals surface area contributed by atoms with Crippen LogP contribution in [0.3, 0.4) is 0 Å². The van der Waals surface area contributed by atoms with Crippen molar-refractivity contribution in [1.82, 2.24) is 0 Å². The van der Waals surface area contributed by atoms with Crippen molar-refractivity contribution >= 4 is 0 Å². The summed E-state index contributed by atoms with van der Waals surface area (Å²) in [7, 11) is 12.4. The van der Waals surface area contributed by atoms with Gasteiger partial charge in [0, 0.05) is 114 Å². The highest BCUT2D eigenvalue weighted by Gasteiger charge is 2.21. The maximum absolute atomic E-state index is 7.41. The van der Waals surface area contributed by atoms with Gasteiger partial charge in [-0.3, -0.25) is 0 Å². The first-order valence-electron chi connectivity index (χ1n) is 34.2. The number of aromatic nitrogens is 6. The lowest BCUT2D eigenvalue weighted by Gasteiger charge is -2.10. The maximum Gasteiger partial charge on any atom is 0.215 e. The van der Waals surface area contributed by atoms with Gasteiger partial charge in [0.05, 0.1) is 0 Å². The average molecular weight is 1250 g/mol. The van der Waals surface area contributed by atoms with Crippen LogP contribution >= 0.6 is 0 Å². The fourth-order valence-electron chi connectivity index (χ4n) is 12.1. The molecule has 0 saturated carbocycles. The molecule has 6 nitrogen and oxygen atoms in total. The van der Waals surface area contributed by atoms with E-state index in [1.807, 2.05) is 48.9 Å². The second-order valence-electron chi connectivity index (χ2n) is 25.4. The Bertz CT molecular complexity index is 4640. The third-order valence-electron chi connectivity index (χ3n) is 18.0. The van der Waals surface area contributed by atoms with Gasteiger partial charge in [-0.1, -0.05) is 109 Å². The van der Waals surface area contributed by atoms with E-state index in [1.165, 1.54) is 140 Å². The molecule has 6 heterocycles. The molecule has 0 aliphatic heterocycles. The molecular formula is C88H104N6+6. The highest BCUT2D eigenvalue weighted by Crippen LogP contribution is 2.28. The molecule has 6 heteroatoms. The number of hydrogen-bond donors (Lipinski definition) is 0. The molecule has 0 fully saturated rings. The van der Waals surface area contributed by atoms with Crippen LogP contribution in [0.15, 0.2) is 231 Å². The SMILES string of the molecule is Cc1cc(-c2ccccc2C)[n+](C)cc1C.Cc1cc(C)c(-c2ccccc2C)[n+](C)c1.Cc1cc[n+](C)c(-c2ccccc2C)c1.Cc1ccccc1-c1c(C)c(C)c(C)c[n+]1C.Cc1ccccc1-c1cccc(C)[n+]1C.[2H]C([2H])([2H])c1ccc(-c2ccccc2C)[n+](C)c1. The fraction of sp³-hybridized carbons (Fsp3) is 0.250. The van der Waals surface area contributed by atoms with Gasteiger partial charge in [0.2, 0.25) is 34.2 Å². The van der Waals surface area contributed by atoms with E-state index >= 15 is 0 Å². The van der Waals surface area contributed by atoms with Gasteiger partial charge in [0.1, 0.15) is 42.3 Å². The van der Waals surface area contributed by atoms with Gasteiger partial charge in [0.15, 0.2) is 36.7 Å². The van der Waals surface area contributed by atoms with E-state index in [9.17, 15) is 0 Å². The van der Waals surface area contributed by atoms with Gasteiger partial charge >= 0.3 is 0 Å². The molecule has 12 rings (SSSR count). The quantitative estimate of drug-likeness (QED) is 0.148. The largest absolute Gasteiger partial charge is 0.215 e. The molecule has 0 radical (unpaired) electrons. The van der Waals surface area contributed by atoms with E-state index in [0.717, 1.165) is 11.3 Å². The first kappa shape index (κ1) is 67.1. The molecule has 480 valence electrons. The Morgan fingerprint density at radius 2 is 0.649 bits per heavy atom. The van der Waals surface area contributed by atoms with Crippen LogP contribution in [0, 0.1) is 111 Å². The average Bonchev–Trinajstić information content (AvgIpc) is 0.804. The molecule has 0 atom stereocenters. The minimum absolute atomic E-state index is 0.363. The van der Waals surface area contributed by atoms with Crippen molar-refractivity contribution in [3.63, 3.8) is 0 Å². The maximum atomic E-state index is 7.41. The summed E-state index contributed by atoms with van der Waals surface area (Å²) < 4.78 is 35.1. The van der Waals surface area contributed by atoms with Gasteiger partial charge in [-0.05, 0) is 208 Å². The molecule has 94 heavy (non-hydrogen) atoms. The van der Waals surface area contributed by atoms with Crippen molar-refractivity contribution in [3.05, 3.63) is 320 Å². The van der Waals surface area contributed by atoms with E-state index in [2.05, 4.69) is 344 Å². The molecule has 0 unspecified atom stereocenters. The predicted molar refractivity (Wildman–Crippen MR) is 394 cm³/mol. The number of pyridine rings is 6. The Labute approximate surface area is 569 Å². The van der Waals surface area contributed by atoms with Crippen LogP contribution in [0.25, 0.3) is 67.5 Å². The van der Waals surface area contributed by atoms with Gasteiger partial charge < -0.3 is 0 Å². The van der Waals surface area contributed by atoms with Crippen LogP contribution < -0.4 is 27.4 Å². The summed E-state index contributed by atoms with van der Waals surface area (Å²) >= 11 is 0. The lowest BCUT2D eigenvalue weighted by molar-refractivity contribution is -0.666. The first-order valence-corrected chi connectivity index (χ1v) is 32.7. The van der Waals surface area contributed by atoms with E-state index < -0.39 is 6.85 Å². The molecule has 0 aliphatic carbocycles. The number of nitrogens with zero attached hydrogens (tertiary/aromatic N) is 6. The first-order chi connectivity index (χ1) is 46.0. The number of aryl methyl sites for hydroxylation is 19. The molecule has 0 spiro atoms. The minimum Gasteiger partial charge on any atom is -0.201 e.